The third kappa shape index (κ3) is 2.91. The predicted molar refractivity (Wildman–Crippen MR) is 88.7 cm³/mol. The molecule has 2 rings (SSSR count). The second-order valence-corrected chi connectivity index (χ2v) is 8.88. The summed E-state index contributed by atoms with van der Waals surface area (Å²) >= 11 is 0. The molecular weight excluding hydrogens is 312 g/mol. The van der Waals surface area contributed by atoms with Gasteiger partial charge in [0, 0.05) is 23.7 Å². The molecule has 0 aromatic rings. The lowest BCUT2D eigenvalue weighted by atomic mass is 9.65. The molecule has 0 spiro atoms. The Balaban J connectivity index is 2.25. The summed E-state index contributed by atoms with van der Waals surface area (Å²) in [5.74, 6) is -2.00. The molecule has 4 atom stereocenters. The van der Waals surface area contributed by atoms with E-state index >= 15 is 0 Å². The zero-order valence-corrected chi connectivity index (χ0v) is 15.9. The highest BCUT2D eigenvalue weighted by Gasteiger charge is 2.59. The van der Waals surface area contributed by atoms with E-state index in [1.165, 1.54) is 0 Å². The van der Waals surface area contributed by atoms with E-state index in [9.17, 15) is 10.5 Å². The van der Waals surface area contributed by atoms with Crippen molar-refractivity contribution in [2.24, 2.45) is 22.7 Å². The van der Waals surface area contributed by atoms with Crippen molar-refractivity contribution in [3.8, 4) is 0 Å². The van der Waals surface area contributed by atoms with Gasteiger partial charge < -0.3 is 0 Å². The quantitative estimate of drug-likeness (QED) is 0.414. The van der Waals surface area contributed by atoms with Gasteiger partial charge >= 0.3 is 0 Å². The van der Waals surface area contributed by atoms with E-state index in [0.717, 1.165) is 25.7 Å². The topological polar surface area (TPSA) is 77.4 Å². The third-order valence-corrected chi connectivity index (χ3v) is 7.32. The normalized spacial score (nSPS) is 42.0. The number of rotatable bonds is 5. The maximum absolute atomic E-state index is 9.65. The molecule has 2 saturated carbocycles. The molecule has 6 nitrogen and oxygen atoms in total. The average molecular weight is 346 g/mol. The summed E-state index contributed by atoms with van der Waals surface area (Å²) in [6.07, 6.45) is 4.82. The van der Waals surface area contributed by atoms with Gasteiger partial charge in [0.2, 0.25) is 11.6 Å². The monoisotopic (exact) mass is 346 g/mol. The smallest absolute Gasteiger partial charge is 0.239 e. The van der Waals surface area contributed by atoms with Crippen LogP contribution in [0.5, 0.6) is 0 Å². The van der Waals surface area contributed by atoms with Crippen LogP contribution in [0.25, 0.3) is 0 Å². The van der Waals surface area contributed by atoms with Gasteiger partial charge in [-0.25, -0.2) is 20.3 Å². The minimum absolute atomic E-state index is 0.284. The molecule has 0 aromatic carbocycles. The van der Waals surface area contributed by atoms with Crippen molar-refractivity contribution in [3.05, 3.63) is 0 Å². The second-order valence-electron chi connectivity index (χ2n) is 8.88. The molecule has 0 radical (unpaired) electrons. The van der Waals surface area contributed by atoms with Crippen LogP contribution in [0.1, 0.15) is 80.1 Å². The molecule has 4 unspecified atom stereocenters. The van der Waals surface area contributed by atoms with Gasteiger partial charge in [0.1, 0.15) is 0 Å². The van der Waals surface area contributed by atoms with Crippen LogP contribution in [-0.4, -0.2) is 22.1 Å². The van der Waals surface area contributed by atoms with Crippen molar-refractivity contribution >= 4 is 0 Å². The summed E-state index contributed by atoms with van der Waals surface area (Å²) < 4.78 is 0. The molecule has 2 N–H and O–H groups in total. The van der Waals surface area contributed by atoms with Crippen molar-refractivity contribution in [2.75, 3.05) is 0 Å². The van der Waals surface area contributed by atoms with E-state index in [1.807, 2.05) is 27.7 Å². The van der Waals surface area contributed by atoms with E-state index in [0.29, 0.717) is 12.8 Å². The van der Waals surface area contributed by atoms with Gasteiger partial charge in [0.25, 0.3) is 0 Å². The van der Waals surface area contributed by atoms with Gasteiger partial charge in [-0.3, -0.25) is 0 Å². The zero-order valence-electron chi connectivity index (χ0n) is 15.9. The van der Waals surface area contributed by atoms with Crippen molar-refractivity contribution in [1.82, 2.24) is 0 Å². The van der Waals surface area contributed by atoms with Crippen molar-refractivity contribution < 1.29 is 30.1 Å². The maximum atomic E-state index is 9.65. The first kappa shape index (κ1) is 20.1. The molecule has 0 heterocycles. The predicted octanol–water partition coefficient (Wildman–Crippen LogP) is 5.00. The summed E-state index contributed by atoms with van der Waals surface area (Å²) in [5, 5.41) is 19.3. The fourth-order valence-electron chi connectivity index (χ4n) is 4.19. The van der Waals surface area contributed by atoms with Gasteiger partial charge in [-0.15, -0.1) is 0 Å². The van der Waals surface area contributed by atoms with E-state index in [2.05, 4.69) is 13.8 Å². The summed E-state index contributed by atoms with van der Waals surface area (Å²) in [5.41, 5.74) is -0.915. The SMILES string of the molecule is CC1CCCC(OO)(OOC2(OO)CCCC(C)C2(C)C)C1(C)C. The first-order valence-electron chi connectivity index (χ1n) is 9.10. The molecule has 2 aliphatic rings. The summed E-state index contributed by atoms with van der Waals surface area (Å²) in [6, 6.07) is 0. The molecule has 0 aromatic heterocycles. The Labute approximate surface area is 145 Å². The number of hydrogen-bond acceptors (Lipinski definition) is 6. The average Bonchev–Trinajstić information content (AvgIpc) is 2.53. The minimum Gasteiger partial charge on any atom is -0.249 e. The molecular formula is C18H34O6. The van der Waals surface area contributed by atoms with Gasteiger partial charge in [-0.2, -0.15) is 9.78 Å². The van der Waals surface area contributed by atoms with Gasteiger partial charge in [-0.1, -0.05) is 41.5 Å². The lowest BCUT2D eigenvalue weighted by Gasteiger charge is -2.53. The molecule has 2 aliphatic carbocycles. The summed E-state index contributed by atoms with van der Waals surface area (Å²) in [7, 11) is 0. The maximum Gasteiger partial charge on any atom is 0.239 e. The largest absolute Gasteiger partial charge is 0.249 e. The van der Waals surface area contributed by atoms with Gasteiger partial charge in [0.05, 0.1) is 0 Å². The first-order chi connectivity index (χ1) is 11.1. The Morgan fingerprint density at radius 1 is 0.708 bits per heavy atom. The summed E-state index contributed by atoms with van der Waals surface area (Å²) in [6.45, 7) is 12.2. The van der Waals surface area contributed by atoms with Crippen LogP contribution in [-0.2, 0) is 19.6 Å². The molecule has 2 fully saturated rings. The zero-order chi connectivity index (χ0) is 18.2. The van der Waals surface area contributed by atoms with Crippen molar-refractivity contribution in [3.63, 3.8) is 0 Å². The standard InChI is InChI=1S/C18H34O6/c1-13-9-7-11-17(21-19,15(13,3)4)23-24-18(22-20)12-8-10-14(2)16(18,5)6/h13-14,19-20H,7-12H2,1-6H3. The Morgan fingerprint density at radius 2 is 1.04 bits per heavy atom. The Hall–Kier alpha value is -0.240. The second kappa shape index (κ2) is 6.82. The van der Waals surface area contributed by atoms with Crippen LogP contribution in [0.3, 0.4) is 0 Å². The molecule has 142 valence electrons. The van der Waals surface area contributed by atoms with Gasteiger partial charge in [-0.05, 0) is 37.5 Å². The summed E-state index contributed by atoms with van der Waals surface area (Å²) in [4.78, 5) is 21.2. The van der Waals surface area contributed by atoms with Crippen LogP contribution in [0.2, 0.25) is 0 Å². The van der Waals surface area contributed by atoms with Crippen LogP contribution in [0.15, 0.2) is 0 Å². The lowest BCUT2D eigenvalue weighted by molar-refractivity contribution is -0.607. The van der Waals surface area contributed by atoms with Crippen molar-refractivity contribution in [1.29, 1.82) is 0 Å². The molecule has 24 heavy (non-hydrogen) atoms. The molecule has 0 bridgehead atoms. The van der Waals surface area contributed by atoms with E-state index in [-0.39, 0.29) is 11.8 Å². The highest BCUT2D eigenvalue weighted by molar-refractivity contribution is 4.96. The van der Waals surface area contributed by atoms with E-state index < -0.39 is 22.4 Å². The Kier molecular flexibility index (Phi) is 5.70. The lowest BCUT2D eigenvalue weighted by Crippen LogP contribution is -2.59. The first-order valence-corrected chi connectivity index (χ1v) is 9.10. The highest BCUT2D eigenvalue weighted by atomic mass is 17.3. The Morgan fingerprint density at radius 3 is 1.33 bits per heavy atom. The van der Waals surface area contributed by atoms with Crippen LogP contribution >= 0.6 is 0 Å². The molecule has 0 amide bonds. The molecule has 0 saturated heterocycles. The van der Waals surface area contributed by atoms with E-state index in [1.54, 1.807) is 0 Å². The van der Waals surface area contributed by atoms with Crippen LogP contribution in [0.4, 0.5) is 0 Å². The molecule has 0 aliphatic heterocycles. The number of hydrogen-bond donors (Lipinski definition) is 2. The van der Waals surface area contributed by atoms with Gasteiger partial charge in [0.15, 0.2) is 0 Å². The van der Waals surface area contributed by atoms with Crippen LogP contribution < -0.4 is 0 Å². The fraction of sp³-hybridized carbons (Fsp3) is 1.00. The minimum atomic E-state index is -1.28. The fourth-order valence-corrected chi connectivity index (χ4v) is 4.19. The van der Waals surface area contributed by atoms with Crippen molar-refractivity contribution in [2.45, 2.75) is 91.6 Å². The van der Waals surface area contributed by atoms with E-state index in [4.69, 9.17) is 19.6 Å². The Bertz CT molecular complexity index is 397. The third-order valence-electron chi connectivity index (χ3n) is 7.32. The molecule has 6 heteroatoms. The van der Waals surface area contributed by atoms with Crippen LogP contribution in [0, 0.1) is 22.7 Å². The highest BCUT2D eigenvalue weighted by Crippen LogP contribution is 2.54.